The fourth-order valence-corrected chi connectivity index (χ4v) is 11.8. The number of phosphoric acid groups is 2. The van der Waals surface area contributed by atoms with Crippen molar-refractivity contribution in [1.82, 2.24) is 0 Å². The lowest BCUT2D eigenvalue weighted by Crippen LogP contribution is -2.30. The van der Waals surface area contributed by atoms with Crippen molar-refractivity contribution < 1.29 is 80.2 Å². The van der Waals surface area contributed by atoms with Crippen LogP contribution in [0.1, 0.15) is 343 Å². The zero-order chi connectivity index (χ0) is 64.3. The number of esters is 4. The van der Waals surface area contributed by atoms with Crippen molar-refractivity contribution in [3.8, 4) is 0 Å². The molecule has 0 saturated heterocycles. The van der Waals surface area contributed by atoms with Gasteiger partial charge >= 0.3 is 39.5 Å². The molecule has 87 heavy (non-hydrogen) atoms. The third-order valence-electron chi connectivity index (χ3n) is 15.7. The molecular formula is C68H132O17P2. The minimum atomic E-state index is -4.95. The molecule has 0 aliphatic carbocycles. The maximum atomic E-state index is 13.0. The van der Waals surface area contributed by atoms with E-state index in [2.05, 4.69) is 41.5 Å². The summed E-state index contributed by atoms with van der Waals surface area (Å²) in [7, 11) is -9.89. The summed E-state index contributed by atoms with van der Waals surface area (Å²) in [6.45, 7) is 9.51. The molecule has 17 nitrogen and oxygen atoms in total. The molecule has 0 fully saturated rings. The standard InChI is InChI=1S/C68H132O17P2/c1-7-9-11-13-15-25-34-40-46-52-67(72)84-63(56-78-65(70)50-44-38-32-16-14-12-10-8-2)58-82-86(74,75)80-54-62(69)55-81-87(76,77)83-59-64(85-68(73)53-47-41-35-29-24-20-18-22-27-31-37-43-49-61(5)6)57-79-66(71)51-45-39-33-28-23-19-17-21-26-30-36-42-48-60(3)4/h60-64,69H,7-59H2,1-6H3,(H,74,75)(H,76,77)/t62-,63+,64+/m0/s1. The lowest BCUT2D eigenvalue weighted by molar-refractivity contribution is -0.161. The summed E-state index contributed by atoms with van der Waals surface area (Å²) in [5, 5.41) is 10.6. The summed E-state index contributed by atoms with van der Waals surface area (Å²) >= 11 is 0. The highest BCUT2D eigenvalue weighted by Crippen LogP contribution is 2.45. The zero-order valence-corrected chi connectivity index (χ0v) is 58.1. The average Bonchev–Trinajstić information content (AvgIpc) is 3.51. The lowest BCUT2D eigenvalue weighted by atomic mass is 10.0. The molecule has 0 aromatic heterocycles. The van der Waals surface area contributed by atoms with E-state index in [4.69, 9.17) is 37.0 Å². The molecule has 0 rings (SSSR count). The Morgan fingerprint density at radius 1 is 0.310 bits per heavy atom. The van der Waals surface area contributed by atoms with Gasteiger partial charge in [0.05, 0.1) is 26.4 Å². The smallest absolute Gasteiger partial charge is 0.462 e. The van der Waals surface area contributed by atoms with Crippen LogP contribution >= 0.6 is 15.6 Å². The summed E-state index contributed by atoms with van der Waals surface area (Å²) in [6, 6.07) is 0. The van der Waals surface area contributed by atoms with Gasteiger partial charge in [0.1, 0.15) is 19.3 Å². The first-order valence-electron chi connectivity index (χ1n) is 35.5. The van der Waals surface area contributed by atoms with Gasteiger partial charge in [-0.3, -0.25) is 37.3 Å². The van der Waals surface area contributed by atoms with Gasteiger partial charge in [0, 0.05) is 25.7 Å². The molecule has 19 heteroatoms. The number of phosphoric ester groups is 2. The Hall–Kier alpha value is -1.94. The van der Waals surface area contributed by atoms with Crippen molar-refractivity contribution in [1.29, 1.82) is 0 Å². The van der Waals surface area contributed by atoms with Crippen LogP contribution in [0.4, 0.5) is 0 Å². The Kier molecular flexibility index (Phi) is 59.0. The second kappa shape index (κ2) is 60.3. The minimum absolute atomic E-state index is 0.105. The largest absolute Gasteiger partial charge is 0.472 e. The highest BCUT2D eigenvalue weighted by atomic mass is 31.2. The van der Waals surface area contributed by atoms with Crippen LogP contribution in [0.25, 0.3) is 0 Å². The molecular weight excluding hydrogens is 1150 g/mol. The normalized spacial score (nSPS) is 14.2. The zero-order valence-electron chi connectivity index (χ0n) is 56.3. The maximum absolute atomic E-state index is 13.0. The summed E-state index contributed by atoms with van der Waals surface area (Å²) in [4.78, 5) is 72.3. The topological polar surface area (TPSA) is 237 Å². The van der Waals surface area contributed by atoms with Crippen LogP contribution in [-0.2, 0) is 65.4 Å². The van der Waals surface area contributed by atoms with E-state index in [1.165, 1.54) is 154 Å². The molecule has 0 aromatic carbocycles. The number of aliphatic hydroxyl groups excluding tert-OH is 1. The van der Waals surface area contributed by atoms with Gasteiger partial charge in [0.15, 0.2) is 12.2 Å². The number of unbranched alkanes of at least 4 members (excludes halogenated alkanes) is 37. The Labute approximate surface area is 530 Å². The van der Waals surface area contributed by atoms with Crippen LogP contribution in [0, 0.1) is 11.8 Å². The lowest BCUT2D eigenvalue weighted by Gasteiger charge is -2.21. The van der Waals surface area contributed by atoms with Crippen LogP contribution < -0.4 is 0 Å². The Morgan fingerprint density at radius 2 is 0.529 bits per heavy atom. The predicted molar refractivity (Wildman–Crippen MR) is 349 cm³/mol. The van der Waals surface area contributed by atoms with Crippen molar-refractivity contribution in [2.24, 2.45) is 11.8 Å². The van der Waals surface area contributed by atoms with E-state index in [0.29, 0.717) is 25.7 Å². The van der Waals surface area contributed by atoms with Crippen LogP contribution in [0.5, 0.6) is 0 Å². The first-order valence-corrected chi connectivity index (χ1v) is 38.5. The van der Waals surface area contributed by atoms with Gasteiger partial charge in [-0.1, -0.05) is 292 Å². The third-order valence-corrected chi connectivity index (χ3v) is 17.6. The number of hydrogen-bond donors (Lipinski definition) is 3. The van der Waals surface area contributed by atoms with E-state index in [-0.39, 0.29) is 25.7 Å². The molecule has 3 N–H and O–H groups in total. The molecule has 516 valence electrons. The Bertz CT molecular complexity index is 1700. The predicted octanol–water partition coefficient (Wildman–Crippen LogP) is 19.2. The van der Waals surface area contributed by atoms with Gasteiger partial charge in [-0.25, -0.2) is 9.13 Å². The molecule has 5 atom stereocenters. The number of carbonyl (C=O) groups is 4. The third kappa shape index (κ3) is 62.6. The van der Waals surface area contributed by atoms with Crippen molar-refractivity contribution in [3.63, 3.8) is 0 Å². The molecule has 2 unspecified atom stereocenters. The first-order chi connectivity index (χ1) is 41.9. The molecule has 0 bridgehead atoms. The monoisotopic (exact) mass is 1280 g/mol. The van der Waals surface area contributed by atoms with E-state index >= 15 is 0 Å². The van der Waals surface area contributed by atoms with Crippen molar-refractivity contribution in [3.05, 3.63) is 0 Å². The second-order valence-corrected chi connectivity index (χ2v) is 28.4. The number of hydrogen-bond acceptors (Lipinski definition) is 15. The summed E-state index contributed by atoms with van der Waals surface area (Å²) < 4.78 is 68.1. The Balaban J connectivity index is 5.21. The highest BCUT2D eigenvalue weighted by Gasteiger charge is 2.30. The van der Waals surface area contributed by atoms with Gasteiger partial charge < -0.3 is 33.8 Å². The number of ether oxygens (including phenoxy) is 4. The average molecular weight is 1280 g/mol. The summed E-state index contributed by atoms with van der Waals surface area (Å²) in [5.74, 6) is -0.571. The molecule has 0 aliphatic rings. The number of rotatable bonds is 67. The fraction of sp³-hybridized carbons (Fsp3) is 0.941. The van der Waals surface area contributed by atoms with E-state index in [0.717, 1.165) is 108 Å². The minimum Gasteiger partial charge on any atom is -0.462 e. The summed E-state index contributed by atoms with van der Waals surface area (Å²) in [5.41, 5.74) is 0. The van der Waals surface area contributed by atoms with E-state index in [1.807, 2.05) is 0 Å². The van der Waals surface area contributed by atoms with Crippen LogP contribution in [0.2, 0.25) is 0 Å². The molecule has 0 amide bonds. The van der Waals surface area contributed by atoms with Crippen LogP contribution in [0.3, 0.4) is 0 Å². The van der Waals surface area contributed by atoms with E-state index in [1.54, 1.807) is 0 Å². The first kappa shape index (κ1) is 85.1. The molecule has 0 heterocycles. The molecule has 0 saturated carbocycles. The van der Waals surface area contributed by atoms with E-state index in [9.17, 15) is 43.2 Å². The Morgan fingerprint density at radius 3 is 0.782 bits per heavy atom. The van der Waals surface area contributed by atoms with Gasteiger partial charge in [0.25, 0.3) is 0 Å². The van der Waals surface area contributed by atoms with Gasteiger partial charge in [-0.05, 0) is 37.5 Å². The fourth-order valence-electron chi connectivity index (χ4n) is 10.2. The number of carbonyl (C=O) groups excluding carboxylic acids is 4. The van der Waals surface area contributed by atoms with Gasteiger partial charge in [-0.15, -0.1) is 0 Å². The molecule has 0 aliphatic heterocycles. The SMILES string of the molecule is CCCCCCCCCCCC(=O)O[C@H](COC(=O)CCCCCCCCCC)COP(=O)(O)OC[C@H](O)COP(=O)(O)OC[C@@H](COC(=O)CCCCCCCCCCCCCCC(C)C)OC(=O)CCCCCCCCCCCCCCC(C)C. The van der Waals surface area contributed by atoms with Crippen LogP contribution in [0.15, 0.2) is 0 Å². The molecule has 0 aromatic rings. The van der Waals surface area contributed by atoms with Crippen molar-refractivity contribution in [2.75, 3.05) is 39.6 Å². The van der Waals surface area contributed by atoms with Crippen LogP contribution in [-0.4, -0.2) is 96.7 Å². The molecule has 0 radical (unpaired) electrons. The van der Waals surface area contributed by atoms with E-state index < -0.39 is 97.5 Å². The molecule has 0 spiro atoms. The maximum Gasteiger partial charge on any atom is 0.472 e. The second-order valence-electron chi connectivity index (χ2n) is 25.5. The van der Waals surface area contributed by atoms with Crippen molar-refractivity contribution >= 4 is 39.5 Å². The van der Waals surface area contributed by atoms with Gasteiger partial charge in [-0.2, -0.15) is 0 Å². The quantitative estimate of drug-likeness (QED) is 0.0222. The van der Waals surface area contributed by atoms with Gasteiger partial charge in [0.2, 0.25) is 0 Å². The highest BCUT2D eigenvalue weighted by molar-refractivity contribution is 7.47. The van der Waals surface area contributed by atoms with Crippen molar-refractivity contribution in [2.45, 2.75) is 362 Å². The summed E-state index contributed by atoms with van der Waals surface area (Å²) in [6.07, 6.45) is 44.4. The number of aliphatic hydroxyl groups is 1.